The summed E-state index contributed by atoms with van der Waals surface area (Å²) in [5.41, 5.74) is 4.02. The lowest BCUT2D eigenvalue weighted by Gasteiger charge is -2.24. The molecule has 0 aliphatic carbocycles. The number of aromatic nitrogens is 1. The molecule has 0 spiro atoms. The first-order chi connectivity index (χ1) is 17.5. The van der Waals surface area contributed by atoms with E-state index >= 15 is 0 Å². The van der Waals surface area contributed by atoms with Crippen molar-refractivity contribution in [2.75, 3.05) is 43.5 Å². The number of aliphatic hydroxyl groups excluding tert-OH is 1. The van der Waals surface area contributed by atoms with Gasteiger partial charge in [-0.3, -0.25) is 0 Å². The van der Waals surface area contributed by atoms with Crippen molar-refractivity contribution in [3.63, 3.8) is 0 Å². The molecule has 3 N–H and O–H groups in total. The van der Waals surface area contributed by atoms with Crippen LogP contribution in [0.3, 0.4) is 0 Å². The van der Waals surface area contributed by atoms with Crippen LogP contribution in [0.2, 0.25) is 0 Å². The van der Waals surface area contributed by atoms with Gasteiger partial charge < -0.3 is 25.4 Å². The molecule has 2 aliphatic rings. The number of aryl methyl sites for hydroxylation is 1. The number of ether oxygens (including phenoxy) is 1. The summed E-state index contributed by atoms with van der Waals surface area (Å²) >= 11 is 0. The van der Waals surface area contributed by atoms with Crippen LogP contribution in [0.15, 0.2) is 30.3 Å². The van der Waals surface area contributed by atoms with Crippen LogP contribution in [0.5, 0.6) is 0 Å². The van der Waals surface area contributed by atoms with Gasteiger partial charge in [-0.25, -0.2) is 9.78 Å². The lowest BCUT2D eigenvalue weighted by molar-refractivity contribution is -0.143. The number of alkyl halides is 3. The summed E-state index contributed by atoms with van der Waals surface area (Å²) in [7, 11) is 0. The molecule has 0 saturated carbocycles. The molecule has 1 aromatic carbocycles. The molecular weight excluding hydrogens is 485 g/mol. The van der Waals surface area contributed by atoms with Crippen LogP contribution in [0, 0.1) is 12.8 Å². The number of hydrogen-bond acceptors (Lipinski definition) is 5. The fraction of sp³-hybridized carbons (Fsp3) is 0.556. The number of aliphatic hydroxyl groups is 1. The number of likely N-dealkylation sites (tertiary alicyclic amines) is 1. The van der Waals surface area contributed by atoms with E-state index < -0.39 is 24.5 Å². The lowest BCUT2D eigenvalue weighted by atomic mass is 9.84. The molecule has 3 heterocycles. The third kappa shape index (κ3) is 6.73. The van der Waals surface area contributed by atoms with Gasteiger partial charge in [-0.05, 0) is 73.6 Å². The van der Waals surface area contributed by atoms with Crippen LogP contribution >= 0.6 is 0 Å². The SMILES string of the molecule is Cc1ccc(NC(=O)N2CC[C@@H](CC(F)(F)F)C2)cc1-c1cc(N[C@H](C)CO)nc([C@@]2(C)CCOC2)c1. The Morgan fingerprint density at radius 3 is 2.78 bits per heavy atom. The number of halogens is 3. The number of amides is 2. The quantitative estimate of drug-likeness (QED) is 0.459. The Balaban J connectivity index is 1.58. The van der Waals surface area contributed by atoms with Gasteiger partial charge in [0.2, 0.25) is 0 Å². The van der Waals surface area contributed by atoms with Gasteiger partial charge in [0.1, 0.15) is 5.82 Å². The van der Waals surface area contributed by atoms with Crippen molar-refractivity contribution in [3.8, 4) is 11.1 Å². The third-order valence-electron chi connectivity index (χ3n) is 7.22. The average molecular weight is 521 g/mol. The molecule has 0 unspecified atom stereocenters. The monoisotopic (exact) mass is 520 g/mol. The van der Waals surface area contributed by atoms with Gasteiger partial charge in [0.05, 0.1) is 18.9 Å². The van der Waals surface area contributed by atoms with Crippen molar-refractivity contribution >= 4 is 17.5 Å². The molecule has 10 heteroatoms. The highest BCUT2D eigenvalue weighted by atomic mass is 19.4. The van der Waals surface area contributed by atoms with Crippen molar-refractivity contribution < 1.29 is 27.8 Å². The maximum atomic E-state index is 12.8. The van der Waals surface area contributed by atoms with Crippen LogP contribution in [0.1, 0.15) is 44.4 Å². The molecule has 3 atom stereocenters. The minimum Gasteiger partial charge on any atom is -0.394 e. The van der Waals surface area contributed by atoms with Crippen LogP contribution in [0.25, 0.3) is 11.1 Å². The number of rotatable bonds is 7. The van der Waals surface area contributed by atoms with Crippen molar-refractivity contribution in [2.45, 2.75) is 57.7 Å². The second-order valence-electron chi connectivity index (χ2n) is 10.6. The Labute approximate surface area is 215 Å². The van der Waals surface area contributed by atoms with Gasteiger partial charge in [-0.15, -0.1) is 0 Å². The van der Waals surface area contributed by atoms with E-state index in [-0.39, 0.29) is 24.6 Å². The zero-order chi connectivity index (χ0) is 26.8. The van der Waals surface area contributed by atoms with E-state index in [0.717, 1.165) is 28.8 Å². The molecule has 7 nitrogen and oxygen atoms in total. The standard InChI is InChI=1S/C27H35F3N4O3/c1-17-4-5-21(32-25(36)34-8-6-19(14-34)13-27(28,29)30)12-22(17)20-10-23(26(3)7-9-37-16-26)33-24(11-20)31-18(2)15-35/h4-5,10-12,18-19,35H,6-9,13-16H2,1-3H3,(H,31,33)(H,32,36)/t18-,19+,26+/m1/s1. The van der Waals surface area contributed by atoms with E-state index in [2.05, 4.69) is 17.6 Å². The fourth-order valence-electron chi connectivity index (χ4n) is 4.96. The number of carbonyl (C=O) groups excluding carboxylic acids is 1. The number of anilines is 2. The second kappa shape index (κ2) is 10.9. The highest BCUT2D eigenvalue weighted by molar-refractivity contribution is 5.90. The lowest BCUT2D eigenvalue weighted by Crippen LogP contribution is -2.33. The highest BCUT2D eigenvalue weighted by Crippen LogP contribution is 2.37. The van der Waals surface area contributed by atoms with Crippen LogP contribution in [-0.2, 0) is 10.2 Å². The van der Waals surface area contributed by atoms with Crippen molar-refractivity contribution in [1.29, 1.82) is 0 Å². The third-order valence-corrected chi connectivity index (χ3v) is 7.22. The van der Waals surface area contributed by atoms with Crippen LogP contribution in [0.4, 0.5) is 29.5 Å². The molecule has 2 aliphatic heterocycles. The maximum Gasteiger partial charge on any atom is 0.389 e. The van der Waals surface area contributed by atoms with E-state index in [4.69, 9.17) is 9.72 Å². The summed E-state index contributed by atoms with van der Waals surface area (Å²) in [6, 6.07) is 8.96. The number of pyridine rings is 1. The Morgan fingerprint density at radius 2 is 2.11 bits per heavy atom. The van der Waals surface area contributed by atoms with Gasteiger partial charge in [-0.2, -0.15) is 13.2 Å². The maximum absolute atomic E-state index is 12.8. The number of benzene rings is 1. The summed E-state index contributed by atoms with van der Waals surface area (Å²) in [6.45, 7) is 7.56. The Kier molecular flexibility index (Phi) is 7.99. The zero-order valence-electron chi connectivity index (χ0n) is 21.5. The normalized spacial score (nSPS) is 22.8. The minimum atomic E-state index is -4.23. The summed E-state index contributed by atoms with van der Waals surface area (Å²) in [5, 5.41) is 15.6. The van der Waals surface area contributed by atoms with Crippen LogP contribution in [-0.4, -0.2) is 66.1 Å². The van der Waals surface area contributed by atoms with Gasteiger partial charge in [0, 0.05) is 43.3 Å². The van der Waals surface area contributed by atoms with E-state index in [9.17, 15) is 23.1 Å². The molecule has 4 rings (SSSR count). The van der Waals surface area contributed by atoms with Gasteiger partial charge >= 0.3 is 12.2 Å². The Morgan fingerprint density at radius 1 is 1.32 bits per heavy atom. The average Bonchev–Trinajstić information content (AvgIpc) is 3.49. The molecule has 0 bridgehead atoms. The number of nitrogens with zero attached hydrogens (tertiary/aromatic N) is 2. The number of urea groups is 1. The Bertz CT molecular complexity index is 1120. The summed E-state index contributed by atoms with van der Waals surface area (Å²) in [4.78, 5) is 19.1. The summed E-state index contributed by atoms with van der Waals surface area (Å²) < 4.78 is 43.9. The second-order valence-corrected chi connectivity index (χ2v) is 10.6. The molecule has 202 valence electrons. The van der Waals surface area contributed by atoms with E-state index in [1.807, 2.05) is 38.1 Å². The summed E-state index contributed by atoms with van der Waals surface area (Å²) in [6.07, 6.45) is -3.91. The first-order valence-corrected chi connectivity index (χ1v) is 12.7. The van der Waals surface area contributed by atoms with Crippen LogP contribution < -0.4 is 10.6 Å². The molecule has 2 amide bonds. The Hall–Kier alpha value is -2.85. The van der Waals surface area contributed by atoms with Gasteiger partial charge in [0.25, 0.3) is 0 Å². The number of hydrogen-bond donors (Lipinski definition) is 3. The van der Waals surface area contributed by atoms with E-state index in [0.29, 0.717) is 37.7 Å². The predicted octanol–water partition coefficient (Wildman–Crippen LogP) is 5.33. The van der Waals surface area contributed by atoms with Crippen molar-refractivity contribution in [1.82, 2.24) is 9.88 Å². The number of carbonyl (C=O) groups is 1. The summed E-state index contributed by atoms with van der Waals surface area (Å²) in [5.74, 6) is 0.0755. The molecule has 2 aromatic rings. The minimum absolute atomic E-state index is 0.0392. The first kappa shape index (κ1) is 27.2. The van der Waals surface area contributed by atoms with Crippen molar-refractivity contribution in [2.24, 2.45) is 5.92 Å². The van der Waals surface area contributed by atoms with Gasteiger partial charge in [-0.1, -0.05) is 13.0 Å². The zero-order valence-corrected chi connectivity index (χ0v) is 21.5. The van der Waals surface area contributed by atoms with Crippen molar-refractivity contribution in [3.05, 3.63) is 41.6 Å². The molecular formula is C27H35F3N4O3. The highest BCUT2D eigenvalue weighted by Gasteiger charge is 2.37. The molecule has 2 saturated heterocycles. The van der Waals surface area contributed by atoms with E-state index in [1.54, 1.807) is 6.07 Å². The number of nitrogens with one attached hydrogen (secondary N) is 2. The predicted molar refractivity (Wildman–Crippen MR) is 137 cm³/mol. The topological polar surface area (TPSA) is 86.7 Å². The van der Waals surface area contributed by atoms with E-state index in [1.165, 1.54) is 4.90 Å². The fourth-order valence-corrected chi connectivity index (χ4v) is 4.96. The largest absolute Gasteiger partial charge is 0.394 e. The molecule has 37 heavy (non-hydrogen) atoms. The first-order valence-electron chi connectivity index (χ1n) is 12.7. The molecule has 2 fully saturated rings. The molecule has 1 aromatic heterocycles. The smallest absolute Gasteiger partial charge is 0.389 e. The molecule has 0 radical (unpaired) electrons. The van der Waals surface area contributed by atoms with Gasteiger partial charge in [0.15, 0.2) is 0 Å².